The molecule has 2 aromatic heterocycles. The maximum absolute atomic E-state index is 11.2. The van der Waals surface area contributed by atoms with E-state index in [1.54, 1.807) is 7.11 Å². The minimum Gasteiger partial charge on any atom is -0.497 e. The molecule has 3 aromatic rings. The predicted octanol–water partition coefficient (Wildman–Crippen LogP) is 2.61. The zero-order valence-corrected chi connectivity index (χ0v) is 14.3. The summed E-state index contributed by atoms with van der Waals surface area (Å²) in [6.45, 7) is 0.948. The van der Waals surface area contributed by atoms with Gasteiger partial charge in [-0.05, 0) is 24.1 Å². The van der Waals surface area contributed by atoms with Crippen LogP contribution in [0.3, 0.4) is 0 Å². The van der Waals surface area contributed by atoms with E-state index in [-0.39, 0.29) is 6.04 Å². The summed E-state index contributed by atoms with van der Waals surface area (Å²) in [5, 5.41) is 10.0. The quantitative estimate of drug-likeness (QED) is 0.750. The molecule has 8 heteroatoms. The number of methoxy groups -OCH3 is 1. The fourth-order valence-corrected chi connectivity index (χ4v) is 3.52. The van der Waals surface area contributed by atoms with E-state index in [0.29, 0.717) is 18.9 Å². The zero-order valence-electron chi connectivity index (χ0n) is 14.3. The molecule has 4 rings (SSSR count). The molecule has 3 heterocycles. The van der Waals surface area contributed by atoms with Gasteiger partial charge in [0.1, 0.15) is 23.5 Å². The molecule has 3 N–H and O–H groups in total. The summed E-state index contributed by atoms with van der Waals surface area (Å²) in [6.07, 6.45) is 3.28. The molecular formula is C18H19N5O3. The fourth-order valence-electron chi connectivity index (χ4n) is 3.52. The molecule has 0 bridgehead atoms. The van der Waals surface area contributed by atoms with E-state index in [1.807, 2.05) is 35.0 Å². The third-order valence-corrected chi connectivity index (χ3v) is 4.87. The number of aromatic nitrogens is 3. The van der Waals surface area contributed by atoms with Crippen LogP contribution < -0.4 is 10.5 Å². The number of hydrogen-bond acceptors (Lipinski definition) is 5. The summed E-state index contributed by atoms with van der Waals surface area (Å²) in [5.74, 6) is 1.18. The first-order valence-electron chi connectivity index (χ1n) is 8.31. The number of nitrogen functional groups attached to an aromatic ring is 1. The molecular weight excluding hydrogens is 334 g/mol. The van der Waals surface area contributed by atoms with Crippen LogP contribution in [0.2, 0.25) is 0 Å². The first kappa shape index (κ1) is 16.2. The standard InChI is InChI=1S/C18H19N5O3/c1-26-13-4-2-11(3-5-13)14-9-23(12-6-7-22(8-12)18(24)25)17-15(14)16(19)20-10-21-17/h2-5,9-10,12H,6-8H2,1H3,(H,24,25)(H2,19,20,21). The second kappa shape index (κ2) is 6.21. The van der Waals surface area contributed by atoms with Crippen molar-refractivity contribution in [2.24, 2.45) is 0 Å². The highest BCUT2D eigenvalue weighted by molar-refractivity contribution is 6.00. The summed E-state index contributed by atoms with van der Waals surface area (Å²) < 4.78 is 7.24. The molecule has 1 aliphatic heterocycles. The van der Waals surface area contributed by atoms with Crippen molar-refractivity contribution in [3.8, 4) is 16.9 Å². The van der Waals surface area contributed by atoms with E-state index >= 15 is 0 Å². The van der Waals surface area contributed by atoms with Crippen molar-refractivity contribution in [1.29, 1.82) is 0 Å². The van der Waals surface area contributed by atoms with Crippen LogP contribution in [-0.2, 0) is 0 Å². The first-order valence-corrected chi connectivity index (χ1v) is 8.31. The Hall–Kier alpha value is -3.29. The van der Waals surface area contributed by atoms with Gasteiger partial charge in [-0.15, -0.1) is 0 Å². The monoisotopic (exact) mass is 353 g/mol. The van der Waals surface area contributed by atoms with E-state index in [4.69, 9.17) is 10.5 Å². The van der Waals surface area contributed by atoms with Gasteiger partial charge >= 0.3 is 6.09 Å². The van der Waals surface area contributed by atoms with Crippen LogP contribution >= 0.6 is 0 Å². The van der Waals surface area contributed by atoms with Crippen molar-refractivity contribution in [2.75, 3.05) is 25.9 Å². The van der Waals surface area contributed by atoms with Crippen molar-refractivity contribution in [3.63, 3.8) is 0 Å². The number of carboxylic acid groups (broad SMARTS) is 1. The molecule has 1 unspecified atom stereocenters. The summed E-state index contributed by atoms with van der Waals surface area (Å²) >= 11 is 0. The van der Waals surface area contributed by atoms with Crippen molar-refractivity contribution in [2.45, 2.75) is 12.5 Å². The Morgan fingerprint density at radius 3 is 2.73 bits per heavy atom. The Labute approximate surface area is 149 Å². The van der Waals surface area contributed by atoms with E-state index < -0.39 is 6.09 Å². The number of benzene rings is 1. The highest BCUT2D eigenvalue weighted by Gasteiger charge is 2.29. The van der Waals surface area contributed by atoms with Crippen LogP contribution in [0, 0.1) is 0 Å². The Kier molecular flexibility index (Phi) is 3.87. The third-order valence-electron chi connectivity index (χ3n) is 4.87. The molecule has 1 aliphatic rings. The smallest absolute Gasteiger partial charge is 0.407 e. The number of nitrogens with two attached hydrogens (primary N) is 1. The molecule has 1 aromatic carbocycles. The van der Waals surface area contributed by atoms with E-state index in [2.05, 4.69) is 9.97 Å². The Bertz CT molecular complexity index is 967. The second-order valence-electron chi connectivity index (χ2n) is 6.31. The number of hydrogen-bond donors (Lipinski definition) is 2. The minimum atomic E-state index is -0.895. The number of amides is 1. The Morgan fingerprint density at radius 1 is 1.31 bits per heavy atom. The normalized spacial score (nSPS) is 17.0. The average Bonchev–Trinajstić information content (AvgIpc) is 3.27. The van der Waals surface area contributed by atoms with Crippen LogP contribution in [0.5, 0.6) is 5.75 Å². The van der Waals surface area contributed by atoms with Gasteiger partial charge in [-0.25, -0.2) is 14.8 Å². The predicted molar refractivity (Wildman–Crippen MR) is 97.2 cm³/mol. The van der Waals surface area contributed by atoms with Crippen LogP contribution in [0.1, 0.15) is 12.5 Å². The molecule has 0 saturated carbocycles. The Balaban J connectivity index is 1.82. The van der Waals surface area contributed by atoms with E-state index in [1.165, 1.54) is 11.2 Å². The fraction of sp³-hybridized carbons (Fsp3) is 0.278. The molecule has 0 spiro atoms. The van der Waals surface area contributed by atoms with Crippen LogP contribution in [0.4, 0.5) is 10.6 Å². The molecule has 1 amide bonds. The number of rotatable bonds is 3. The Morgan fingerprint density at radius 2 is 2.08 bits per heavy atom. The molecule has 0 radical (unpaired) electrons. The van der Waals surface area contributed by atoms with Crippen molar-refractivity contribution >= 4 is 22.9 Å². The molecule has 134 valence electrons. The lowest BCUT2D eigenvalue weighted by Gasteiger charge is -2.14. The van der Waals surface area contributed by atoms with Gasteiger partial charge in [0.15, 0.2) is 0 Å². The van der Waals surface area contributed by atoms with Gasteiger partial charge in [-0.1, -0.05) is 12.1 Å². The molecule has 8 nitrogen and oxygen atoms in total. The number of fused-ring (bicyclic) bond motifs is 1. The lowest BCUT2D eigenvalue weighted by Crippen LogP contribution is -2.27. The number of likely N-dealkylation sites (tertiary alicyclic amines) is 1. The summed E-state index contributed by atoms with van der Waals surface area (Å²) in [7, 11) is 1.63. The van der Waals surface area contributed by atoms with Gasteiger partial charge in [-0.3, -0.25) is 0 Å². The van der Waals surface area contributed by atoms with E-state index in [0.717, 1.165) is 34.3 Å². The highest BCUT2D eigenvalue weighted by Crippen LogP contribution is 2.36. The molecule has 26 heavy (non-hydrogen) atoms. The van der Waals surface area contributed by atoms with Crippen LogP contribution in [0.25, 0.3) is 22.2 Å². The van der Waals surface area contributed by atoms with Gasteiger partial charge in [0.25, 0.3) is 0 Å². The highest BCUT2D eigenvalue weighted by atomic mass is 16.5. The molecule has 1 saturated heterocycles. The van der Waals surface area contributed by atoms with Gasteiger partial charge in [0.2, 0.25) is 0 Å². The third kappa shape index (κ3) is 2.59. The van der Waals surface area contributed by atoms with Crippen molar-refractivity contribution in [1.82, 2.24) is 19.4 Å². The van der Waals surface area contributed by atoms with Gasteiger partial charge < -0.3 is 25.0 Å². The molecule has 1 atom stereocenters. The lowest BCUT2D eigenvalue weighted by molar-refractivity contribution is 0.154. The number of carbonyl (C=O) groups is 1. The molecule has 1 fully saturated rings. The van der Waals surface area contributed by atoms with Gasteiger partial charge in [0.05, 0.1) is 18.5 Å². The number of ether oxygens (including phenoxy) is 1. The topological polar surface area (TPSA) is 106 Å². The SMILES string of the molecule is COc1ccc(-c2cn(C3CCN(C(=O)O)C3)c3ncnc(N)c23)cc1. The number of nitrogens with zero attached hydrogens (tertiary/aromatic N) is 4. The van der Waals surface area contributed by atoms with Gasteiger partial charge in [-0.2, -0.15) is 0 Å². The largest absolute Gasteiger partial charge is 0.497 e. The van der Waals surface area contributed by atoms with Crippen LogP contribution in [-0.4, -0.2) is 50.8 Å². The van der Waals surface area contributed by atoms with E-state index in [9.17, 15) is 9.90 Å². The summed E-state index contributed by atoms with van der Waals surface area (Å²) in [6, 6.07) is 7.72. The van der Waals surface area contributed by atoms with Crippen molar-refractivity contribution < 1.29 is 14.6 Å². The number of anilines is 1. The maximum Gasteiger partial charge on any atom is 0.407 e. The zero-order chi connectivity index (χ0) is 18.3. The second-order valence-corrected chi connectivity index (χ2v) is 6.31. The van der Waals surface area contributed by atoms with Gasteiger partial charge in [0, 0.05) is 24.8 Å². The minimum absolute atomic E-state index is 0.0231. The van der Waals surface area contributed by atoms with Crippen LogP contribution in [0.15, 0.2) is 36.8 Å². The summed E-state index contributed by atoms with van der Waals surface area (Å²) in [5.41, 5.74) is 8.77. The average molecular weight is 353 g/mol. The van der Waals surface area contributed by atoms with Crippen molar-refractivity contribution in [3.05, 3.63) is 36.8 Å². The maximum atomic E-state index is 11.2. The first-order chi connectivity index (χ1) is 12.6. The lowest BCUT2D eigenvalue weighted by atomic mass is 10.1. The summed E-state index contributed by atoms with van der Waals surface area (Å²) in [4.78, 5) is 21.2. The molecule has 0 aliphatic carbocycles.